The van der Waals surface area contributed by atoms with E-state index in [0.29, 0.717) is 27.8 Å². The molecular weight excluding hydrogens is 375 g/mol. The van der Waals surface area contributed by atoms with Crippen LogP contribution in [0.3, 0.4) is 0 Å². The lowest BCUT2D eigenvalue weighted by atomic mass is 9.97. The molecule has 2 heterocycles. The second-order valence-corrected chi connectivity index (χ2v) is 6.65. The van der Waals surface area contributed by atoms with Gasteiger partial charge in [0.15, 0.2) is 0 Å². The lowest BCUT2D eigenvalue weighted by molar-refractivity contribution is -0.147. The first kappa shape index (κ1) is 18.4. The Kier molecular flexibility index (Phi) is 5.59. The van der Waals surface area contributed by atoms with Crippen LogP contribution in [0, 0.1) is 0 Å². The van der Waals surface area contributed by atoms with Gasteiger partial charge in [-0.2, -0.15) is 0 Å². The molecule has 0 spiro atoms. The highest BCUT2D eigenvalue weighted by atomic mass is 35.5. The van der Waals surface area contributed by atoms with Gasteiger partial charge in [-0.05, 0) is 36.2 Å². The number of aromatic nitrogens is 2. The van der Waals surface area contributed by atoms with Crippen LogP contribution in [0.1, 0.15) is 30.5 Å². The molecule has 0 saturated carbocycles. The van der Waals surface area contributed by atoms with Crippen LogP contribution >= 0.6 is 23.2 Å². The average molecular weight is 391 g/mol. The highest BCUT2D eigenvalue weighted by Gasteiger charge is 2.20. The van der Waals surface area contributed by atoms with Gasteiger partial charge in [0.05, 0.1) is 16.6 Å². The summed E-state index contributed by atoms with van der Waals surface area (Å²) in [6.45, 7) is 1.84. The predicted molar refractivity (Wildman–Crippen MR) is 101 cm³/mol. The first-order valence-corrected chi connectivity index (χ1v) is 8.83. The molecule has 3 aromatic rings. The maximum atomic E-state index is 12.4. The van der Waals surface area contributed by atoms with Gasteiger partial charge in [0.25, 0.3) is 5.56 Å². The topological polar surface area (TPSA) is 60.7 Å². The van der Waals surface area contributed by atoms with Crippen LogP contribution in [0.2, 0.25) is 10.0 Å². The lowest BCUT2D eigenvalue weighted by Crippen LogP contribution is -2.19. The summed E-state index contributed by atoms with van der Waals surface area (Å²) in [5.74, 6) is -0.763. The van der Waals surface area contributed by atoms with Gasteiger partial charge in [-0.25, -0.2) is 4.98 Å². The standard InChI is InChI=1S/C19H16Cl2N2O3/c1-2-16(12-3-5-13(20)6-4-12)19(25)26-11-15-9-18(24)23-10-14(21)7-8-17(23)22-15/h3-10,16H,2,11H2,1H3. The molecule has 134 valence electrons. The Morgan fingerprint density at radius 2 is 1.85 bits per heavy atom. The summed E-state index contributed by atoms with van der Waals surface area (Å²) in [6.07, 6.45) is 2.09. The molecule has 2 aromatic heterocycles. The molecule has 0 radical (unpaired) electrons. The number of carbonyl (C=O) groups is 1. The number of hydrogen-bond acceptors (Lipinski definition) is 4. The van der Waals surface area contributed by atoms with Crippen molar-refractivity contribution in [1.29, 1.82) is 0 Å². The van der Waals surface area contributed by atoms with Crippen molar-refractivity contribution in [3.05, 3.63) is 80.3 Å². The molecule has 7 heteroatoms. The van der Waals surface area contributed by atoms with E-state index in [1.807, 2.05) is 19.1 Å². The van der Waals surface area contributed by atoms with E-state index in [0.717, 1.165) is 5.56 Å². The minimum Gasteiger partial charge on any atom is -0.459 e. The van der Waals surface area contributed by atoms with Crippen molar-refractivity contribution in [2.45, 2.75) is 25.9 Å². The van der Waals surface area contributed by atoms with Gasteiger partial charge in [0.2, 0.25) is 0 Å². The maximum Gasteiger partial charge on any atom is 0.313 e. The summed E-state index contributed by atoms with van der Waals surface area (Å²) >= 11 is 11.8. The Balaban J connectivity index is 1.76. The van der Waals surface area contributed by atoms with Crippen molar-refractivity contribution in [3.63, 3.8) is 0 Å². The summed E-state index contributed by atoms with van der Waals surface area (Å²) in [4.78, 5) is 28.9. The molecule has 5 nitrogen and oxygen atoms in total. The molecule has 0 bridgehead atoms. The lowest BCUT2D eigenvalue weighted by Gasteiger charge is -2.14. The van der Waals surface area contributed by atoms with Crippen LogP contribution in [0.4, 0.5) is 0 Å². The minimum absolute atomic E-state index is 0.0721. The zero-order valence-electron chi connectivity index (χ0n) is 14.0. The Labute approximate surface area is 160 Å². The second kappa shape index (κ2) is 7.89. The summed E-state index contributed by atoms with van der Waals surface area (Å²) in [7, 11) is 0. The number of pyridine rings is 1. The number of rotatable bonds is 5. The fraction of sp³-hybridized carbons (Fsp3) is 0.211. The number of ether oxygens (including phenoxy) is 1. The van der Waals surface area contributed by atoms with Crippen LogP contribution in [0.15, 0.2) is 53.5 Å². The third kappa shape index (κ3) is 4.06. The molecular formula is C19H16Cl2N2O3. The fourth-order valence-corrected chi connectivity index (χ4v) is 2.97. The highest BCUT2D eigenvalue weighted by molar-refractivity contribution is 6.30. The maximum absolute atomic E-state index is 12.4. The van der Waals surface area contributed by atoms with E-state index in [2.05, 4.69) is 4.98 Å². The molecule has 0 saturated heterocycles. The normalized spacial score (nSPS) is 12.1. The summed E-state index contributed by atoms with van der Waals surface area (Å²) in [5.41, 5.74) is 1.38. The second-order valence-electron chi connectivity index (χ2n) is 5.78. The van der Waals surface area contributed by atoms with Crippen molar-refractivity contribution in [2.75, 3.05) is 0 Å². The van der Waals surface area contributed by atoms with Crippen LogP contribution in [0.5, 0.6) is 0 Å². The van der Waals surface area contributed by atoms with Gasteiger partial charge < -0.3 is 4.74 Å². The SMILES string of the molecule is CCC(C(=O)OCc1cc(=O)n2cc(Cl)ccc2n1)c1ccc(Cl)cc1. The van der Waals surface area contributed by atoms with Gasteiger partial charge in [-0.3, -0.25) is 14.0 Å². The number of nitrogens with zero attached hydrogens (tertiary/aromatic N) is 2. The molecule has 0 fully saturated rings. The number of fused-ring (bicyclic) bond motifs is 1. The van der Waals surface area contributed by atoms with Crippen molar-refractivity contribution in [3.8, 4) is 0 Å². The number of halogens is 2. The molecule has 1 unspecified atom stereocenters. The molecule has 1 aromatic carbocycles. The van der Waals surface area contributed by atoms with Gasteiger partial charge in [-0.15, -0.1) is 0 Å². The van der Waals surface area contributed by atoms with E-state index in [1.165, 1.54) is 16.7 Å². The molecule has 3 rings (SSSR count). The highest BCUT2D eigenvalue weighted by Crippen LogP contribution is 2.23. The van der Waals surface area contributed by atoms with E-state index in [1.54, 1.807) is 24.3 Å². The summed E-state index contributed by atoms with van der Waals surface area (Å²) in [6, 6.07) is 11.7. The molecule has 0 N–H and O–H groups in total. The minimum atomic E-state index is -0.396. The quantitative estimate of drug-likeness (QED) is 0.611. The largest absolute Gasteiger partial charge is 0.459 e. The van der Waals surface area contributed by atoms with Crippen molar-refractivity contribution < 1.29 is 9.53 Å². The molecule has 26 heavy (non-hydrogen) atoms. The molecule has 0 aliphatic heterocycles. The number of carbonyl (C=O) groups excluding carboxylic acids is 1. The van der Waals surface area contributed by atoms with E-state index in [9.17, 15) is 9.59 Å². The van der Waals surface area contributed by atoms with E-state index in [-0.39, 0.29) is 18.1 Å². The third-order valence-corrected chi connectivity index (χ3v) is 4.48. The number of hydrogen-bond donors (Lipinski definition) is 0. The Morgan fingerprint density at radius 1 is 1.15 bits per heavy atom. The first-order chi connectivity index (χ1) is 12.5. The van der Waals surface area contributed by atoms with Crippen molar-refractivity contribution in [1.82, 2.24) is 9.38 Å². The Morgan fingerprint density at radius 3 is 2.54 bits per heavy atom. The monoisotopic (exact) mass is 390 g/mol. The zero-order chi connectivity index (χ0) is 18.7. The van der Waals surface area contributed by atoms with E-state index >= 15 is 0 Å². The zero-order valence-corrected chi connectivity index (χ0v) is 15.5. The van der Waals surface area contributed by atoms with E-state index in [4.69, 9.17) is 27.9 Å². The average Bonchev–Trinajstić information content (AvgIpc) is 2.63. The molecule has 0 aliphatic carbocycles. The Hall–Kier alpha value is -2.37. The van der Waals surface area contributed by atoms with Crippen molar-refractivity contribution in [2.24, 2.45) is 0 Å². The van der Waals surface area contributed by atoms with E-state index < -0.39 is 5.92 Å². The van der Waals surface area contributed by atoms with Gasteiger partial charge >= 0.3 is 5.97 Å². The smallest absolute Gasteiger partial charge is 0.313 e. The molecule has 1 atom stereocenters. The van der Waals surface area contributed by atoms with Crippen LogP contribution in [-0.4, -0.2) is 15.4 Å². The molecule has 0 aliphatic rings. The number of benzene rings is 1. The van der Waals surface area contributed by atoms with Crippen LogP contribution in [-0.2, 0) is 16.1 Å². The predicted octanol–water partition coefficient (Wildman–Crippen LogP) is 4.24. The van der Waals surface area contributed by atoms with Crippen molar-refractivity contribution >= 4 is 34.8 Å². The molecule has 0 amide bonds. The fourth-order valence-electron chi connectivity index (χ4n) is 2.68. The van der Waals surface area contributed by atoms with Gasteiger partial charge in [0, 0.05) is 17.3 Å². The van der Waals surface area contributed by atoms with Gasteiger partial charge in [-0.1, -0.05) is 42.3 Å². The van der Waals surface area contributed by atoms with Crippen LogP contribution < -0.4 is 5.56 Å². The summed E-state index contributed by atoms with van der Waals surface area (Å²) in [5, 5.41) is 1.05. The number of esters is 1. The third-order valence-electron chi connectivity index (χ3n) is 4.00. The Bertz CT molecular complexity index is 1000. The first-order valence-electron chi connectivity index (χ1n) is 8.08. The van der Waals surface area contributed by atoms with Gasteiger partial charge in [0.1, 0.15) is 12.3 Å². The summed E-state index contributed by atoms with van der Waals surface area (Å²) < 4.78 is 6.73. The van der Waals surface area contributed by atoms with Crippen LogP contribution in [0.25, 0.3) is 5.65 Å².